The van der Waals surface area contributed by atoms with Crippen LogP contribution in [0.2, 0.25) is 0 Å². The van der Waals surface area contributed by atoms with Crippen molar-refractivity contribution in [3.8, 4) is 0 Å². The summed E-state index contributed by atoms with van der Waals surface area (Å²) in [5.74, 6) is 0.573. The van der Waals surface area contributed by atoms with E-state index >= 15 is 0 Å². The summed E-state index contributed by atoms with van der Waals surface area (Å²) in [4.78, 5) is 19.7. The second-order valence-corrected chi connectivity index (χ2v) is 5.31. The van der Waals surface area contributed by atoms with Crippen molar-refractivity contribution in [1.82, 2.24) is 15.3 Å². The van der Waals surface area contributed by atoms with E-state index in [1.54, 1.807) is 6.20 Å². The van der Waals surface area contributed by atoms with Crippen molar-refractivity contribution in [3.63, 3.8) is 0 Å². The van der Waals surface area contributed by atoms with Crippen LogP contribution in [0.3, 0.4) is 0 Å². The molecule has 3 heterocycles. The van der Waals surface area contributed by atoms with Crippen LogP contribution in [0.4, 0.5) is 5.82 Å². The molecule has 0 fully saturated rings. The molecule has 1 aliphatic heterocycles. The van der Waals surface area contributed by atoms with Gasteiger partial charge in [-0.15, -0.1) is 0 Å². The van der Waals surface area contributed by atoms with Gasteiger partial charge in [-0.2, -0.15) is 5.10 Å². The average Bonchev–Trinajstić information content (AvgIpc) is 2.91. The van der Waals surface area contributed by atoms with Gasteiger partial charge in [0.2, 0.25) is 0 Å². The standard InChI is InChI=1S/C17H15N5O/c23-17-16-15(11-5-1-2-6-12(11)20-16)13(8-10-19-17)21-22-14-7-3-4-9-18-14/h1-7,9,20H,8,10H2,(H,18,22)(H,19,23)/b21-13+. The maximum Gasteiger partial charge on any atom is 0.268 e. The Balaban J connectivity index is 1.82. The number of aromatic nitrogens is 2. The number of amides is 1. The quantitative estimate of drug-likeness (QED) is 0.636. The van der Waals surface area contributed by atoms with E-state index in [0.717, 1.165) is 22.2 Å². The van der Waals surface area contributed by atoms with Gasteiger partial charge in [0.25, 0.3) is 5.91 Å². The highest BCUT2D eigenvalue weighted by Crippen LogP contribution is 2.25. The molecule has 2 aromatic heterocycles. The fourth-order valence-electron chi connectivity index (χ4n) is 2.79. The first-order valence-corrected chi connectivity index (χ1v) is 7.46. The van der Waals surface area contributed by atoms with Crippen LogP contribution in [0.25, 0.3) is 10.9 Å². The molecule has 1 amide bonds. The van der Waals surface area contributed by atoms with Gasteiger partial charge in [-0.1, -0.05) is 24.3 Å². The first-order chi connectivity index (χ1) is 11.3. The number of pyridine rings is 1. The number of aromatic amines is 1. The lowest BCUT2D eigenvalue weighted by molar-refractivity contribution is 0.0952. The van der Waals surface area contributed by atoms with Crippen LogP contribution in [-0.4, -0.2) is 28.1 Å². The lowest BCUT2D eigenvalue weighted by atomic mass is 10.0. The smallest absolute Gasteiger partial charge is 0.268 e. The molecule has 23 heavy (non-hydrogen) atoms. The van der Waals surface area contributed by atoms with Gasteiger partial charge in [0.1, 0.15) is 11.5 Å². The minimum absolute atomic E-state index is 0.0979. The molecule has 1 aromatic carbocycles. The number of rotatable bonds is 2. The fraction of sp³-hybridized carbons (Fsp3) is 0.118. The summed E-state index contributed by atoms with van der Waals surface area (Å²) in [5, 5.41) is 8.40. The van der Waals surface area contributed by atoms with Crippen molar-refractivity contribution in [3.05, 3.63) is 59.9 Å². The first-order valence-electron chi connectivity index (χ1n) is 7.46. The molecule has 0 unspecified atom stereocenters. The number of carbonyl (C=O) groups is 1. The number of nitrogens with zero attached hydrogens (tertiary/aromatic N) is 2. The Bertz CT molecular complexity index is 898. The van der Waals surface area contributed by atoms with Crippen LogP contribution in [0, 0.1) is 0 Å². The summed E-state index contributed by atoms with van der Waals surface area (Å²) in [6, 6.07) is 13.5. The van der Waals surface area contributed by atoms with Crippen LogP contribution in [0.1, 0.15) is 22.5 Å². The molecule has 3 aromatic rings. The number of carbonyl (C=O) groups excluding carboxylic acids is 1. The first kappa shape index (κ1) is 13.5. The minimum Gasteiger partial charge on any atom is -0.350 e. The molecule has 0 aliphatic carbocycles. The fourth-order valence-corrected chi connectivity index (χ4v) is 2.79. The summed E-state index contributed by atoms with van der Waals surface area (Å²) in [6.45, 7) is 0.554. The maximum atomic E-state index is 12.3. The summed E-state index contributed by atoms with van der Waals surface area (Å²) in [6.07, 6.45) is 2.36. The van der Waals surface area contributed by atoms with E-state index in [-0.39, 0.29) is 5.91 Å². The number of para-hydroxylation sites is 1. The molecular weight excluding hydrogens is 290 g/mol. The molecule has 0 radical (unpaired) electrons. The van der Waals surface area contributed by atoms with Crippen molar-refractivity contribution in [1.29, 1.82) is 0 Å². The van der Waals surface area contributed by atoms with Crippen molar-refractivity contribution in [2.24, 2.45) is 5.10 Å². The topological polar surface area (TPSA) is 82.2 Å². The molecule has 0 spiro atoms. The van der Waals surface area contributed by atoms with Gasteiger partial charge in [-0.3, -0.25) is 10.2 Å². The minimum atomic E-state index is -0.0979. The highest BCUT2D eigenvalue weighted by Gasteiger charge is 2.24. The highest BCUT2D eigenvalue weighted by atomic mass is 16.1. The second kappa shape index (κ2) is 5.57. The van der Waals surface area contributed by atoms with Crippen molar-refractivity contribution in [2.75, 3.05) is 12.0 Å². The molecule has 4 rings (SSSR count). The monoisotopic (exact) mass is 305 g/mol. The maximum absolute atomic E-state index is 12.3. The Morgan fingerprint density at radius 2 is 2.00 bits per heavy atom. The zero-order valence-electron chi connectivity index (χ0n) is 12.3. The largest absolute Gasteiger partial charge is 0.350 e. The number of fused-ring (bicyclic) bond motifs is 3. The molecule has 0 saturated carbocycles. The van der Waals surface area contributed by atoms with Crippen molar-refractivity contribution < 1.29 is 4.79 Å². The molecule has 6 heteroatoms. The van der Waals surface area contributed by atoms with Crippen molar-refractivity contribution in [2.45, 2.75) is 6.42 Å². The van der Waals surface area contributed by atoms with Crippen LogP contribution in [-0.2, 0) is 0 Å². The van der Waals surface area contributed by atoms with E-state index in [9.17, 15) is 4.79 Å². The molecule has 0 atom stereocenters. The normalized spacial score (nSPS) is 16.0. The summed E-state index contributed by atoms with van der Waals surface area (Å²) < 4.78 is 0. The van der Waals surface area contributed by atoms with Crippen LogP contribution in [0.5, 0.6) is 0 Å². The third kappa shape index (κ3) is 2.44. The summed E-state index contributed by atoms with van der Waals surface area (Å²) in [5.41, 5.74) is 6.16. The number of anilines is 1. The molecule has 3 N–H and O–H groups in total. The third-order valence-electron chi connectivity index (χ3n) is 3.84. The van der Waals surface area contributed by atoms with Crippen LogP contribution < -0.4 is 10.7 Å². The van der Waals surface area contributed by atoms with Gasteiger partial charge in [-0.25, -0.2) is 4.98 Å². The number of benzene rings is 1. The van der Waals surface area contributed by atoms with Crippen LogP contribution in [0.15, 0.2) is 53.8 Å². The van der Waals surface area contributed by atoms with E-state index in [2.05, 4.69) is 25.8 Å². The van der Waals surface area contributed by atoms with Gasteiger partial charge in [0.05, 0.1) is 5.71 Å². The number of hydrogen-bond donors (Lipinski definition) is 3. The van der Waals surface area contributed by atoms with E-state index < -0.39 is 0 Å². The zero-order chi connectivity index (χ0) is 15.6. The van der Waals surface area contributed by atoms with Gasteiger partial charge in [0, 0.05) is 35.6 Å². The predicted octanol–water partition coefficient (Wildman–Crippen LogP) is 2.51. The van der Waals surface area contributed by atoms with Gasteiger partial charge in [0.15, 0.2) is 0 Å². The van der Waals surface area contributed by atoms with Crippen molar-refractivity contribution >= 4 is 28.3 Å². The Morgan fingerprint density at radius 3 is 2.87 bits per heavy atom. The van der Waals surface area contributed by atoms with Crippen LogP contribution >= 0.6 is 0 Å². The average molecular weight is 305 g/mol. The van der Waals surface area contributed by atoms with Gasteiger partial charge < -0.3 is 10.3 Å². The van der Waals surface area contributed by atoms with E-state index in [1.165, 1.54) is 0 Å². The Morgan fingerprint density at radius 1 is 1.13 bits per heavy atom. The lowest BCUT2D eigenvalue weighted by Gasteiger charge is -2.05. The lowest BCUT2D eigenvalue weighted by Crippen LogP contribution is -2.23. The Labute approximate surface area is 132 Å². The molecule has 0 bridgehead atoms. The zero-order valence-corrected chi connectivity index (χ0v) is 12.3. The SMILES string of the molecule is O=C1NCC/C(=N\Nc2ccccn2)c2c1[nH]c1ccccc21. The number of nitrogens with one attached hydrogen (secondary N) is 3. The van der Waals surface area contributed by atoms with E-state index in [1.807, 2.05) is 42.5 Å². The molecule has 1 aliphatic rings. The number of hydrazone groups is 1. The second-order valence-electron chi connectivity index (χ2n) is 5.31. The molecule has 6 nitrogen and oxygen atoms in total. The number of H-pyrrole nitrogens is 1. The van der Waals surface area contributed by atoms with Gasteiger partial charge in [-0.05, 0) is 18.2 Å². The Kier molecular flexibility index (Phi) is 3.27. The predicted molar refractivity (Wildman–Crippen MR) is 89.6 cm³/mol. The number of hydrogen-bond acceptors (Lipinski definition) is 4. The Hall–Kier alpha value is -3.15. The van der Waals surface area contributed by atoms with Gasteiger partial charge >= 0.3 is 0 Å². The molecule has 114 valence electrons. The molecular formula is C17H15N5O. The highest BCUT2D eigenvalue weighted by molar-refractivity contribution is 6.19. The van der Waals surface area contributed by atoms with E-state index in [0.29, 0.717) is 24.5 Å². The molecule has 0 saturated heterocycles. The summed E-state index contributed by atoms with van der Waals surface area (Å²) >= 11 is 0. The third-order valence-corrected chi connectivity index (χ3v) is 3.84. The summed E-state index contributed by atoms with van der Waals surface area (Å²) in [7, 11) is 0. The van der Waals surface area contributed by atoms with E-state index in [4.69, 9.17) is 0 Å².